The molecule has 662 valence electrons. The van der Waals surface area contributed by atoms with E-state index in [1.54, 1.807) is 3.71 Å². The average molecular weight is 1810 g/mol. The number of alkyl halides is 2. The number of hydrogen-bond acceptors (Lipinski definition) is 7. The Bertz CT molecular complexity index is 2660. The third-order valence-electron chi connectivity index (χ3n) is 14.8. The van der Waals surface area contributed by atoms with E-state index in [1.807, 2.05) is 215 Å². The molecule has 4 aromatic carbocycles. The third kappa shape index (κ3) is 81.6. The van der Waals surface area contributed by atoms with Gasteiger partial charge in [-0.05, 0) is 141 Å². The Morgan fingerprint density at radius 1 is 0.327 bits per heavy atom. The summed E-state index contributed by atoms with van der Waals surface area (Å²) in [6, 6.07) is 54.8. The van der Waals surface area contributed by atoms with Crippen LogP contribution < -0.4 is 31.1 Å². The number of para-hydroxylation sites is 4. The number of benzene rings is 4. The molecule has 0 radical (unpaired) electrons. The van der Waals surface area contributed by atoms with Crippen molar-refractivity contribution in [2.24, 2.45) is 0 Å². The minimum atomic E-state index is -2.21. The molecule has 0 saturated carbocycles. The van der Waals surface area contributed by atoms with Crippen LogP contribution in [0.5, 0.6) is 0 Å². The van der Waals surface area contributed by atoms with Gasteiger partial charge in [0.15, 0.2) is 0 Å². The summed E-state index contributed by atoms with van der Waals surface area (Å²) < 4.78 is 8.31. The number of pyridine rings is 2. The van der Waals surface area contributed by atoms with Gasteiger partial charge >= 0.3 is 124 Å². The van der Waals surface area contributed by atoms with Crippen molar-refractivity contribution in [1.82, 2.24) is 25.7 Å². The number of rotatable bonds is 32. The van der Waals surface area contributed by atoms with Gasteiger partial charge in [-0.15, -0.1) is 0 Å². The van der Waals surface area contributed by atoms with Gasteiger partial charge in [-0.3, -0.25) is 4.98 Å². The van der Waals surface area contributed by atoms with Gasteiger partial charge in [0.2, 0.25) is 0 Å². The molecule has 0 fully saturated rings. The van der Waals surface area contributed by atoms with Gasteiger partial charge in [-0.25, -0.2) is 0 Å². The molecule has 0 atom stereocenters. The predicted molar refractivity (Wildman–Crippen MR) is 547 cm³/mol. The smallest absolute Gasteiger partial charge is 0.0404 e. The maximum atomic E-state index is 4.80. The summed E-state index contributed by atoms with van der Waals surface area (Å²) in [5, 5.41) is 16.0. The number of nitrogens with zero attached hydrogens (tertiary/aromatic N) is 3. The molecule has 0 aliphatic heterocycles. The molecule has 8 rings (SSSR count). The molecule has 0 unspecified atom stereocenters. The molecule has 0 aliphatic carbocycles. The van der Waals surface area contributed by atoms with E-state index in [2.05, 4.69) is 262 Å². The summed E-state index contributed by atoms with van der Waals surface area (Å²) in [6.07, 6.45) is 30.1. The first-order valence-corrected chi connectivity index (χ1v) is 54.0. The molecule has 113 heavy (non-hydrogen) atoms. The number of unbranched alkanes of at least 4 members (excludes halogenated alkanes) is 3. The zero-order chi connectivity index (χ0) is 85.1. The van der Waals surface area contributed by atoms with E-state index in [0.717, 1.165) is 101 Å². The molecule has 4 heterocycles. The van der Waals surface area contributed by atoms with Crippen LogP contribution >= 0.6 is 31.9 Å². The fraction of sp³-hybridized carbons (Fsp3) is 0.584. The van der Waals surface area contributed by atoms with E-state index in [4.69, 9.17) is 4.98 Å². The molecule has 0 spiro atoms. The minimum Gasteiger partial charge on any atom is -0.385 e. The number of aryl methyl sites for hydroxylation is 6. The molecular weight excluding hydrogens is 1620 g/mol. The summed E-state index contributed by atoms with van der Waals surface area (Å²) in [4.78, 5) is 12.0. The Labute approximate surface area is 730 Å². The molecule has 4 aromatic heterocycles. The number of halogens is 2. The Morgan fingerprint density at radius 3 is 0.867 bits per heavy atom. The van der Waals surface area contributed by atoms with Gasteiger partial charge in [-0.2, -0.15) is 0 Å². The second kappa shape index (κ2) is 125. The molecule has 0 aliphatic rings. The van der Waals surface area contributed by atoms with Crippen LogP contribution in [0.1, 0.15) is 329 Å². The molecule has 0 saturated heterocycles. The maximum absolute atomic E-state index is 4.80. The summed E-state index contributed by atoms with van der Waals surface area (Å²) in [7, 11) is 0. The molecule has 8 aromatic rings. The molecule has 8 N–H and O–H groups in total. The Kier molecular flexibility index (Phi) is 154. The van der Waals surface area contributed by atoms with E-state index in [0.29, 0.717) is 0 Å². The van der Waals surface area contributed by atoms with Crippen molar-refractivity contribution in [3.8, 4) is 0 Å². The number of aromatic nitrogens is 4. The monoisotopic (exact) mass is 1810 g/mol. The number of anilines is 4. The summed E-state index contributed by atoms with van der Waals surface area (Å²) in [5.74, 6) is 0. The zero-order valence-electron chi connectivity index (χ0n) is 78.0. The van der Waals surface area contributed by atoms with Gasteiger partial charge in [0.05, 0.1) is 0 Å². The predicted octanol–water partition coefficient (Wildman–Crippen LogP) is 34.7. The molecule has 9 nitrogen and oxygen atoms in total. The third-order valence-corrected chi connectivity index (χ3v) is 31.1. The molecule has 12 heteroatoms. The Hall–Kier alpha value is -5.34. The van der Waals surface area contributed by atoms with Crippen LogP contribution in [0, 0.1) is 0 Å². The van der Waals surface area contributed by atoms with Crippen LogP contribution in [0.4, 0.5) is 22.7 Å². The van der Waals surface area contributed by atoms with Crippen molar-refractivity contribution in [2.45, 2.75) is 353 Å². The van der Waals surface area contributed by atoms with Crippen LogP contribution in [0.15, 0.2) is 195 Å². The van der Waals surface area contributed by atoms with E-state index in [1.165, 1.54) is 103 Å². The number of hydrogen-bond donors (Lipinski definition) is 6. The van der Waals surface area contributed by atoms with Crippen LogP contribution in [0.25, 0.3) is 0 Å². The van der Waals surface area contributed by atoms with Gasteiger partial charge in [0, 0.05) is 103 Å². The largest absolute Gasteiger partial charge is 0.385 e. The van der Waals surface area contributed by atoms with Gasteiger partial charge in [0.25, 0.3) is 0 Å². The summed E-state index contributed by atoms with van der Waals surface area (Å²) in [5.41, 5.74) is 11.9. The van der Waals surface area contributed by atoms with Gasteiger partial charge < -0.3 is 37.0 Å². The number of nitrogens with one attached hydrogen (secondary N) is 5. The standard InChI is InChI=1S/C16H20N2.C15H20N2.2C11H16BrN.C5H4N.C4H5N.3C4H9.12C2H6.3CH4.H3N.Sn/c1-2-14-8-3-4-11-16(14)18-13-7-10-15-9-5-6-12-17-15;1-2-14-8-3-4-9-15(14)16-10-7-13-17-11-5-6-12-17;2*1-2-10-6-3-4-7-11(10)13-9-5-8-12;1-2-4-6-5-3-1;1-2-4-5-3-1;3*1-3-4-2;12*1-2;;;;;/h3-6,8-9,11-12,18H,2,7,10,13H2,1H3;3-6,8-9,11-12,16H,2,7,10,13H2,1H3;2*3-4,6-7,13H,2,5,8-9H2,1H3;1-4H;1-5H;3*1,3-4H2,2H3;12*1-2H3;3*1H4;1H3;. The molecule has 0 bridgehead atoms. The summed E-state index contributed by atoms with van der Waals surface area (Å²) >= 11 is 4.63. The van der Waals surface area contributed by atoms with Crippen LogP contribution in [0.3, 0.4) is 0 Å². The topological polar surface area (TPSA) is 130 Å². The van der Waals surface area contributed by atoms with Crippen molar-refractivity contribution in [3.63, 3.8) is 0 Å². The maximum Gasteiger partial charge on any atom is 0.0404 e. The van der Waals surface area contributed by atoms with Crippen molar-refractivity contribution >= 4 is 76.7 Å². The molecule has 0 amide bonds. The first-order valence-electron chi connectivity index (χ1n) is 44.2. The molecular formula is C101H195Br2N9Sn. The van der Waals surface area contributed by atoms with Gasteiger partial charge in [-0.1, -0.05) is 327 Å². The Morgan fingerprint density at radius 2 is 0.611 bits per heavy atom. The Balaban J connectivity index is -0.0000000828. The second-order valence-corrected chi connectivity index (χ2v) is 35.9. The van der Waals surface area contributed by atoms with Crippen LogP contribution in [-0.2, 0) is 38.6 Å². The van der Waals surface area contributed by atoms with E-state index < -0.39 is 18.4 Å². The van der Waals surface area contributed by atoms with Crippen molar-refractivity contribution in [3.05, 3.63) is 223 Å². The number of aromatic amines is 1. The van der Waals surface area contributed by atoms with E-state index >= 15 is 0 Å². The minimum absolute atomic E-state index is 0. The van der Waals surface area contributed by atoms with Crippen LogP contribution in [0.2, 0.25) is 13.3 Å². The quantitative estimate of drug-likeness (QED) is 0.0141. The van der Waals surface area contributed by atoms with E-state index in [-0.39, 0.29) is 28.4 Å². The second-order valence-electron chi connectivity index (χ2n) is 21.2. The van der Waals surface area contributed by atoms with Crippen LogP contribution in [-0.4, -0.2) is 74.7 Å². The normalized spacial score (nSPS) is 8.47. The van der Waals surface area contributed by atoms with E-state index in [9.17, 15) is 0 Å². The summed E-state index contributed by atoms with van der Waals surface area (Å²) in [6.45, 7) is 68.9. The van der Waals surface area contributed by atoms with Crippen molar-refractivity contribution in [2.75, 3.05) is 58.1 Å². The fourth-order valence-corrected chi connectivity index (χ4v) is 25.9. The zero-order valence-corrected chi connectivity index (χ0v) is 84.0. The first kappa shape index (κ1) is 140. The fourth-order valence-electron chi connectivity index (χ4n) is 9.89. The first-order chi connectivity index (χ1) is 53.8. The van der Waals surface area contributed by atoms with Gasteiger partial charge in [0.1, 0.15) is 0 Å². The SMILES string of the molecule is C.C.C.CC.CC.CC.CC.CC.CC.CC.CC.CC.CC.CC.CC.CCC[CH2][Sn]([CH2]CCC)([CH2]CCC)[c]1ccccn1.CCc1ccccc1NCCCBr.CCc1ccccc1NCCCBr.CCc1ccccc1NCCCc1ccccn1.CCc1ccccc1NCCCn1cccc1.N.c1cc[nH]c1. The van der Waals surface area contributed by atoms with Crippen molar-refractivity contribution < 1.29 is 0 Å². The van der Waals surface area contributed by atoms with Crippen molar-refractivity contribution in [1.29, 1.82) is 0 Å². The average Bonchev–Trinajstić information content (AvgIpc) is 1.61. The number of H-pyrrole nitrogens is 1.